The highest BCUT2D eigenvalue weighted by Gasteiger charge is 2.18. The van der Waals surface area contributed by atoms with Gasteiger partial charge in [-0.3, -0.25) is 14.6 Å². The first-order chi connectivity index (χ1) is 13.5. The quantitative estimate of drug-likeness (QED) is 0.384. The third-order valence-corrected chi connectivity index (χ3v) is 4.39. The molecule has 5 nitrogen and oxygen atoms in total. The van der Waals surface area contributed by atoms with Gasteiger partial charge in [-0.05, 0) is 54.4 Å². The number of aromatic nitrogens is 1. The Kier molecular flexibility index (Phi) is 4.49. The molecule has 0 unspecified atom stereocenters. The second-order valence-electron chi connectivity index (χ2n) is 6.49. The van der Waals surface area contributed by atoms with Gasteiger partial charge in [-0.25, -0.2) is 0 Å². The zero-order valence-corrected chi connectivity index (χ0v) is 15.4. The Morgan fingerprint density at radius 1 is 0.964 bits per heavy atom. The van der Waals surface area contributed by atoms with Crippen LogP contribution in [0.2, 0.25) is 0 Å². The summed E-state index contributed by atoms with van der Waals surface area (Å²) in [6.07, 6.45) is 3.31. The SMILES string of the molecule is CC(=O)Oc1ccc(-c2c(-c3ccncc3)oc3cc(C)ccc3c2=O)cc1. The van der Waals surface area contributed by atoms with E-state index in [9.17, 15) is 9.59 Å². The van der Waals surface area contributed by atoms with Gasteiger partial charge >= 0.3 is 5.97 Å². The van der Waals surface area contributed by atoms with Gasteiger partial charge < -0.3 is 9.15 Å². The van der Waals surface area contributed by atoms with E-state index >= 15 is 0 Å². The zero-order chi connectivity index (χ0) is 19.7. The molecule has 28 heavy (non-hydrogen) atoms. The van der Waals surface area contributed by atoms with Gasteiger partial charge in [0, 0.05) is 24.9 Å². The third kappa shape index (κ3) is 3.30. The molecule has 138 valence electrons. The summed E-state index contributed by atoms with van der Waals surface area (Å²) in [4.78, 5) is 28.5. The predicted molar refractivity (Wildman–Crippen MR) is 107 cm³/mol. The van der Waals surface area contributed by atoms with E-state index in [4.69, 9.17) is 9.15 Å². The number of hydrogen-bond donors (Lipinski definition) is 0. The average Bonchev–Trinajstić information content (AvgIpc) is 2.69. The first-order valence-electron chi connectivity index (χ1n) is 8.79. The van der Waals surface area contributed by atoms with E-state index in [1.807, 2.05) is 19.1 Å². The van der Waals surface area contributed by atoms with E-state index in [-0.39, 0.29) is 5.43 Å². The lowest BCUT2D eigenvalue weighted by Crippen LogP contribution is -2.08. The highest BCUT2D eigenvalue weighted by molar-refractivity contribution is 5.89. The number of hydrogen-bond acceptors (Lipinski definition) is 5. The van der Waals surface area contributed by atoms with Crippen LogP contribution in [0.4, 0.5) is 0 Å². The number of benzene rings is 2. The monoisotopic (exact) mass is 371 g/mol. The van der Waals surface area contributed by atoms with Gasteiger partial charge in [-0.15, -0.1) is 0 Å². The molecule has 5 heteroatoms. The van der Waals surface area contributed by atoms with Crippen LogP contribution in [0.25, 0.3) is 33.4 Å². The van der Waals surface area contributed by atoms with E-state index in [2.05, 4.69) is 4.98 Å². The second kappa shape index (κ2) is 7.12. The average molecular weight is 371 g/mol. The summed E-state index contributed by atoms with van der Waals surface area (Å²) >= 11 is 0. The van der Waals surface area contributed by atoms with Crippen molar-refractivity contribution >= 4 is 16.9 Å². The molecule has 0 saturated carbocycles. The molecule has 0 aliphatic carbocycles. The van der Waals surface area contributed by atoms with Crippen LogP contribution >= 0.6 is 0 Å². The molecule has 4 rings (SSSR count). The molecular weight excluding hydrogens is 354 g/mol. The highest BCUT2D eigenvalue weighted by Crippen LogP contribution is 2.33. The number of esters is 1. The Bertz CT molecular complexity index is 1230. The van der Waals surface area contributed by atoms with Crippen LogP contribution < -0.4 is 10.2 Å². The fourth-order valence-corrected chi connectivity index (χ4v) is 3.12. The fourth-order valence-electron chi connectivity index (χ4n) is 3.12. The van der Waals surface area contributed by atoms with Crippen molar-refractivity contribution in [2.75, 3.05) is 0 Å². The van der Waals surface area contributed by atoms with Gasteiger partial charge in [0.05, 0.1) is 10.9 Å². The number of aryl methyl sites for hydroxylation is 1. The van der Waals surface area contributed by atoms with Gasteiger partial charge in [0.15, 0.2) is 0 Å². The molecule has 0 aliphatic rings. The smallest absolute Gasteiger partial charge is 0.308 e. The Labute approximate surface area is 161 Å². The summed E-state index contributed by atoms with van der Waals surface area (Å²) in [6, 6.07) is 15.9. The van der Waals surface area contributed by atoms with Crippen LogP contribution in [-0.4, -0.2) is 11.0 Å². The number of carbonyl (C=O) groups is 1. The molecule has 0 fully saturated rings. The van der Waals surface area contributed by atoms with Crippen molar-refractivity contribution in [2.24, 2.45) is 0 Å². The molecule has 2 aromatic carbocycles. The lowest BCUT2D eigenvalue weighted by molar-refractivity contribution is -0.131. The molecule has 2 aromatic heterocycles. The van der Waals surface area contributed by atoms with E-state index in [0.717, 1.165) is 11.1 Å². The van der Waals surface area contributed by atoms with Gasteiger partial charge in [0.25, 0.3) is 0 Å². The van der Waals surface area contributed by atoms with Crippen LogP contribution in [-0.2, 0) is 4.79 Å². The minimum absolute atomic E-state index is 0.117. The van der Waals surface area contributed by atoms with Gasteiger partial charge in [0.1, 0.15) is 17.1 Å². The minimum atomic E-state index is -0.397. The Balaban J connectivity index is 1.98. The molecule has 2 heterocycles. The van der Waals surface area contributed by atoms with Crippen molar-refractivity contribution in [1.29, 1.82) is 0 Å². The summed E-state index contributed by atoms with van der Waals surface area (Å²) in [5.74, 6) is 0.499. The predicted octanol–water partition coefficient (Wildman–Crippen LogP) is 4.76. The molecule has 0 aliphatic heterocycles. The van der Waals surface area contributed by atoms with Crippen molar-refractivity contribution in [3.8, 4) is 28.2 Å². The lowest BCUT2D eigenvalue weighted by atomic mass is 9.98. The van der Waals surface area contributed by atoms with Gasteiger partial charge in [0.2, 0.25) is 5.43 Å². The molecule has 0 amide bonds. The maximum Gasteiger partial charge on any atom is 0.308 e. The number of pyridine rings is 1. The highest BCUT2D eigenvalue weighted by atomic mass is 16.5. The molecule has 0 saturated heterocycles. The number of ether oxygens (including phenoxy) is 1. The zero-order valence-electron chi connectivity index (χ0n) is 15.4. The van der Waals surface area contributed by atoms with Crippen molar-refractivity contribution in [3.05, 3.63) is 82.8 Å². The molecular formula is C23H17NO4. The number of fused-ring (bicyclic) bond motifs is 1. The van der Waals surface area contributed by atoms with Crippen LogP contribution in [0.1, 0.15) is 12.5 Å². The maximum absolute atomic E-state index is 13.3. The van der Waals surface area contributed by atoms with Crippen molar-refractivity contribution in [2.45, 2.75) is 13.8 Å². The molecule has 0 atom stereocenters. The molecule has 0 radical (unpaired) electrons. The van der Waals surface area contributed by atoms with E-state index < -0.39 is 5.97 Å². The first kappa shape index (κ1) is 17.7. The number of rotatable bonds is 3. The molecule has 0 bridgehead atoms. The topological polar surface area (TPSA) is 69.4 Å². The summed E-state index contributed by atoms with van der Waals surface area (Å²) in [6.45, 7) is 3.29. The van der Waals surface area contributed by atoms with E-state index in [1.165, 1.54) is 6.92 Å². The van der Waals surface area contributed by atoms with E-state index in [1.54, 1.807) is 54.9 Å². The van der Waals surface area contributed by atoms with Crippen LogP contribution in [0.5, 0.6) is 5.75 Å². The number of nitrogens with zero attached hydrogens (tertiary/aromatic N) is 1. The largest absolute Gasteiger partial charge is 0.455 e. The Morgan fingerprint density at radius 2 is 1.68 bits per heavy atom. The Hall–Kier alpha value is -3.73. The first-order valence-corrected chi connectivity index (χ1v) is 8.79. The van der Waals surface area contributed by atoms with Crippen molar-refractivity contribution < 1.29 is 13.9 Å². The van der Waals surface area contributed by atoms with Crippen LogP contribution in [0, 0.1) is 6.92 Å². The molecule has 0 spiro atoms. The van der Waals surface area contributed by atoms with Gasteiger partial charge in [-0.1, -0.05) is 18.2 Å². The molecule has 4 aromatic rings. The standard InChI is InChI=1S/C23H17NO4/c1-14-3-8-19-20(13-14)28-23(17-9-11-24-12-10-17)21(22(19)26)16-4-6-18(7-5-16)27-15(2)25/h3-13H,1-2H3. The second-order valence-corrected chi connectivity index (χ2v) is 6.49. The summed E-state index contributed by atoms with van der Waals surface area (Å²) in [5.41, 5.74) is 3.32. The summed E-state index contributed by atoms with van der Waals surface area (Å²) < 4.78 is 11.3. The van der Waals surface area contributed by atoms with Crippen LogP contribution in [0.15, 0.2) is 76.2 Å². The summed E-state index contributed by atoms with van der Waals surface area (Å²) in [7, 11) is 0. The van der Waals surface area contributed by atoms with Gasteiger partial charge in [-0.2, -0.15) is 0 Å². The third-order valence-electron chi connectivity index (χ3n) is 4.39. The lowest BCUT2D eigenvalue weighted by Gasteiger charge is -2.11. The molecule has 0 N–H and O–H groups in total. The van der Waals surface area contributed by atoms with Crippen molar-refractivity contribution in [3.63, 3.8) is 0 Å². The van der Waals surface area contributed by atoms with Crippen LogP contribution in [0.3, 0.4) is 0 Å². The fraction of sp³-hybridized carbons (Fsp3) is 0.0870. The van der Waals surface area contributed by atoms with E-state index in [0.29, 0.717) is 33.6 Å². The normalized spacial score (nSPS) is 10.8. The minimum Gasteiger partial charge on any atom is -0.455 e. The maximum atomic E-state index is 13.3. The Morgan fingerprint density at radius 3 is 2.36 bits per heavy atom. The summed E-state index contributed by atoms with van der Waals surface area (Å²) in [5, 5.41) is 0.516. The number of carbonyl (C=O) groups excluding carboxylic acids is 1. The van der Waals surface area contributed by atoms with Crippen molar-refractivity contribution in [1.82, 2.24) is 4.98 Å².